The van der Waals surface area contributed by atoms with E-state index in [1.54, 1.807) is 4.90 Å². The molecule has 2 bridgehead atoms. The molecule has 0 N–H and O–H groups in total. The highest BCUT2D eigenvalue weighted by molar-refractivity contribution is 6.67. The number of fused-ring (bicyclic) bond motifs is 2. The lowest BCUT2D eigenvalue weighted by Gasteiger charge is -2.43. The summed E-state index contributed by atoms with van der Waals surface area (Å²) in [5.74, 6) is -0.831. The number of rotatable bonds is 5. The van der Waals surface area contributed by atoms with Gasteiger partial charge in [-0.15, -0.1) is 0 Å². The van der Waals surface area contributed by atoms with Crippen molar-refractivity contribution in [2.24, 2.45) is 5.92 Å². The van der Waals surface area contributed by atoms with Crippen molar-refractivity contribution < 1.29 is 19.1 Å². The largest absolute Gasteiger partial charge is 0.469 e. The summed E-state index contributed by atoms with van der Waals surface area (Å²) >= 11 is 17.1. The number of esters is 1. The highest BCUT2D eigenvalue weighted by atomic mass is 35.6. The number of alkyl halides is 3. The summed E-state index contributed by atoms with van der Waals surface area (Å²) in [7, 11) is 1.38. The topological polar surface area (TPSA) is 55.8 Å². The minimum absolute atomic E-state index is 0.0288. The van der Waals surface area contributed by atoms with Crippen molar-refractivity contribution in [1.29, 1.82) is 0 Å². The molecule has 0 radical (unpaired) electrons. The molecule has 3 rings (SSSR count). The van der Waals surface area contributed by atoms with E-state index in [1.807, 2.05) is 6.92 Å². The van der Waals surface area contributed by atoms with E-state index in [9.17, 15) is 9.59 Å². The molecule has 0 aliphatic carbocycles. The molecular formula is C22H26Cl3NO4. The zero-order valence-corrected chi connectivity index (χ0v) is 19.3. The van der Waals surface area contributed by atoms with E-state index >= 15 is 0 Å². The summed E-state index contributed by atoms with van der Waals surface area (Å²) in [4.78, 5) is 27.1. The Balaban J connectivity index is 1.83. The van der Waals surface area contributed by atoms with Crippen LogP contribution in [-0.2, 0) is 20.7 Å². The van der Waals surface area contributed by atoms with E-state index in [0.29, 0.717) is 12.8 Å². The zero-order valence-electron chi connectivity index (χ0n) is 17.1. The Morgan fingerprint density at radius 1 is 1.20 bits per heavy atom. The fraction of sp³-hybridized carbons (Fsp3) is 0.545. The maximum atomic E-state index is 12.8. The maximum Gasteiger partial charge on any atom is 0.410 e. The molecule has 4 unspecified atom stereocenters. The second-order valence-electron chi connectivity index (χ2n) is 8.14. The second-order valence-corrected chi connectivity index (χ2v) is 10.7. The van der Waals surface area contributed by atoms with E-state index < -0.39 is 15.8 Å². The lowest BCUT2D eigenvalue weighted by atomic mass is 9.76. The number of hydrogen-bond donors (Lipinski definition) is 0. The molecule has 2 heterocycles. The number of carbonyl (C=O) groups is 2. The molecule has 0 spiro atoms. The smallest absolute Gasteiger partial charge is 0.410 e. The van der Waals surface area contributed by atoms with Gasteiger partial charge in [0.2, 0.25) is 3.79 Å². The lowest BCUT2D eigenvalue weighted by Crippen LogP contribution is -2.53. The Kier molecular flexibility index (Phi) is 7.26. The predicted molar refractivity (Wildman–Crippen MR) is 118 cm³/mol. The number of benzene rings is 1. The first-order valence-electron chi connectivity index (χ1n) is 9.93. The predicted octanol–water partition coefficient (Wildman–Crippen LogP) is 5.42. The van der Waals surface area contributed by atoms with Crippen molar-refractivity contribution in [1.82, 2.24) is 4.90 Å². The molecule has 1 amide bonds. The first-order chi connectivity index (χ1) is 14.1. The van der Waals surface area contributed by atoms with Crippen molar-refractivity contribution in [3.8, 4) is 0 Å². The SMILES string of the molecule is C=C(C)Cc1ccc(C2CC3CCC(C2C(=O)OC)N3C(=O)OCC(Cl)(Cl)Cl)cc1. The van der Waals surface area contributed by atoms with Gasteiger partial charge in [-0.1, -0.05) is 71.2 Å². The Morgan fingerprint density at radius 3 is 2.43 bits per heavy atom. The molecule has 1 aromatic carbocycles. The number of carbonyl (C=O) groups excluding carboxylic acids is 2. The van der Waals surface area contributed by atoms with E-state index in [2.05, 4.69) is 30.8 Å². The summed E-state index contributed by atoms with van der Waals surface area (Å²) in [6, 6.07) is 7.94. The number of allylic oxidation sites excluding steroid dienone is 1. The third kappa shape index (κ3) is 5.24. The average molecular weight is 475 g/mol. The number of halogens is 3. The zero-order chi connectivity index (χ0) is 22.1. The van der Waals surface area contributed by atoms with Gasteiger partial charge in [0.15, 0.2) is 0 Å². The van der Waals surface area contributed by atoms with Crippen LogP contribution < -0.4 is 0 Å². The molecule has 2 aliphatic heterocycles. The first-order valence-corrected chi connectivity index (χ1v) is 11.1. The Bertz CT molecular complexity index is 806. The van der Waals surface area contributed by atoms with Crippen molar-refractivity contribution >= 4 is 46.9 Å². The van der Waals surface area contributed by atoms with Crippen LogP contribution in [0.1, 0.15) is 43.2 Å². The quantitative estimate of drug-likeness (QED) is 0.325. The highest BCUT2D eigenvalue weighted by Gasteiger charge is 2.53. The summed E-state index contributed by atoms with van der Waals surface area (Å²) in [6.07, 6.45) is 2.42. The molecule has 1 aromatic rings. The third-order valence-electron chi connectivity index (χ3n) is 5.88. The number of hydrogen-bond acceptors (Lipinski definition) is 4. The van der Waals surface area contributed by atoms with Crippen LogP contribution in [0.25, 0.3) is 0 Å². The van der Waals surface area contributed by atoms with Crippen LogP contribution >= 0.6 is 34.8 Å². The first kappa shape index (κ1) is 23.2. The van der Waals surface area contributed by atoms with Crippen molar-refractivity contribution in [3.05, 3.63) is 47.5 Å². The van der Waals surface area contributed by atoms with Gasteiger partial charge in [0.25, 0.3) is 0 Å². The minimum Gasteiger partial charge on any atom is -0.469 e. The molecule has 0 saturated carbocycles. The molecule has 8 heteroatoms. The fourth-order valence-electron chi connectivity index (χ4n) is 4.74. The number of ether oxygens (including phenoxy) is 2. The number of nitrogens with zero attached hydrogens (tertiary/aromatic N) is 1. The summed E-state index contributed by atoms with van der Waals surface area (Å²) < 4.78 is 8.65. The highest BCUT2D eigenvalue weighted by Crippen LogP contribution is 2.47. The number of methoxy groups -OCH3 is 1. The molecule has 5 nitrogen and oxygen atoms in total. The van der Waals surface area contributed by atoms with Gasteiger partial charge < -0.3 is 14.4 Å². The van der Waals surface area contributed by atoms with Crippen molar-refractivity contribution in [2.45, 2.75) is 54.4 Å². The molecule has 0 aromatic heterocycles. The van der Waals surface area contributed by atoms with Crippen molar-refractivity contribution in [3.63, 3.8) is 0 Å². The van der Waals surface area contributed by atoms with Gasteiger partial charge in [-0.25, -0.2) is 4.79 Å². The molecule has 164 valence electrons. The van der Waals surface area contributed by atoms with Gasteiger partial charge in [-0.05, 0) is 43.7 Å². The van der Waals surface area contributed by atoms with Crippen LogP contribution in [0.2, 0.25) is 0 Å². The van der Waals surface area contributed by atoms with Gasteiger partial charge in [0.05, 0.1) is 13.0 Å². The Hall–Kier alpha value is -1.43. The molecule has 2 fully saturated rings. The van der Waals surface area contributed by atoms with Crippen LogP contribution in [0.5, 0.6) is 0 Å². The molecule has 2 aliphatic rings. The average Bonchev–Trinajstić information content (AvgIpc) is 2.98. The number of amides is 1. The van der Waals surface area contributed by atoms with Crippen LogP contribution in [0.4, 0.5) is 4.79 Å². The van der Waals surface area contributed by atoms with E-state index in [-0.39, 0.29) is 30.6 Å². The summed E-state index contributed by atoms with van der Waals surface area (Å²) in [6.45, 7) is 5.61. The van der Waals surface area contributed by atoms with Gasteiger partial charge >= 0.3 is 12.1 Å². The van der Waals surface area contributed by atoms with Crippen LogP contribution in [0, 0.1) is 5.92 Å². The molecular weight excluding hydrogens is 449 g/mol. The third-order valence-corrected chi connectivity index (χ3v) is 6.20. The van der Waals surface area contributed by atoms with E-state index in [4.69, 9.17) is 44.3 Å². The fourth-order valence-corrected chi connectivity index (χ4v) is 4.90. The van der Waals surface area contributed by atoms with Crippen LogP contribution in [0.15, 0.2) is 36.4 Å². The van der Waals surface area contributed by atoms with E-state index in [1.165, 1.54) is 12.7 Å². The second kappa shape index (κ2) is 9.37. The van der Waals surface area contributed by atoms with Crippen molar-refractivity contribution in [2.75, 3.05) is 13.7 Å². The molecule has 30 heavy (non-hydrogen) atoms. The summed E-state index contributed by atoms with van der Waals surface area (Å²) in [5, 5.41) is 0. The van der Waals surface area contributed by atoms with Crippen LogP contribution in [0.3, 0.4) is 0 Å². The molecule has 4 atom stereocenters. The normalized spacial score (nSPS) is 25.7. The standard InChI is InChI=1S/C22H26Cl3NO4/c1-13(2)10-14-4-6-15(7-5-14)17-11-16-8-9-18(19(17)20(27)29-3)26(16)21(28)30-12-22(23,24)25/h4-7,16-19H,1,8-12H2,2-3H3. The van der Waals surface area contributed by atoms with Gasteiger partial charge in [0.1, 0.15) is 6.61 Å². The van der Waals surface area contributed by atoms with E-state index in [0.717, 1.165) is 24.0 Å². The maximum absolute atomic E-state index is 12.8. The lowest BCUT2D eigenvalue weighted by molar-refractivity contribution is -0.150. The van der Waals surface area contributed by atoms with Gasteiger partial charge in [-0.3, -0.25) is 4.79 Å². The number of piperidine rings is 1. The Labute approximate surface area is 192 Å². The van der Waals surface area contributed by atoms with Crippen LogP contribution in [-0.4, -0.2) is 46.6 Å². The molecule has 2 saturated heterocycles. The van der Waals surface area contributed by atoms with Gasteiger partial charge in [-0.2, -0.15) is 0 Å². The summed E-state index contributed by atoms with van der Waals surface area (Å²) in [5.41, 5.74) is 3.34. The monoisotopic (exact) mass is 473 g/mol. The Morgan fingerprint density at radius 2 is 1.87 bits per heavy atom. The van der Waals surface area contributed by atoms with Gasteiger partial charge in [0, 0.05) is 18.0 Å². The minimum atomic E-state index is -1.68.